The summed E-state index contributed by atoms with van der Waals surface area (Å²) in [6, 6.07) is -0.0337. The maximum Gasteiger partial charge on any atom is 0.215 e. The van der Waals surface area contributed by atoms with Crippen molar-refractivity contribution in [3.05, 3.63) is 0 Å². The van der Waals surface area contributed by atoms with Crippen LogP contribution in [0.2, 0.25) is 0 Å². The zero-order chi connectivity index (χ0) is 11.2. The highest BCUT2D eigenvalue weighted by atomic mass is 32.2. The fourth-order valence-electron chi connectivity index (χ4n) is 1.04. The van der Waals surface area contributed by atoms with E-state index in [0.717, 1.165) is 13.0 Å². The number of rotatable bonds is 7. The molecule has 1 atom stereocenters. The van der Waals surface area contributed by atoms with Gasteiger partial charge in [0.1, 0.15) is 0 Å². The summed E-state index contributed by atoms with van der Waals surface area (Å²) in [6.07, 6.45) is 1.02. The first kappa shape index (κ1) is 13.9. The van der Waals surface area contributed by atoms with E-state index in [2.05, 4.69) is 17.0 Å². The van der Waals surface area contributed by atoms with Crippen LogP contribution < -0.4 is 10.0 Å². The van der Waals surface area contributed by atoms with Gasteiger partial charge >= 0.3 is 0 Å². The normalized spacial score (nSPS) is 14.6. The third kappa shape index (κ3) is 5.57. The van der Waals surface area contributed by atoms with Crippen molar-refractivity contribution in [3.63, 3.8) is 0 Å². The SMILES string of the molecule is CCCNCC(C)S(=O)(=O)NC(C)C. The molecule has 0 saturated heterocycles. The minimum absolute atomic E-state index is 0.0337. The van der Waals surface area contributed by atoms with Gasteiger partial charge in [0.25, 0.3) is 0 Å². The predicted molar refractivity (Wildman–Crippen MR) is 59.8 cm³/mol. The molecule has 0 aliphatic carbocycles. The molecule has 0 amide bonds. The monoisotopic (exact) mass is 222 g/mol. The molecule has 0 aromatic rings. The van der Waals surface area contributed by atoms with Crippen LogP contribution in [0.25, 0.3) is 0 Å². The molecular weight excluding hydrogens is 200 g/mol. The van der Waals surface area contributed by atoms with Gasteiger partial charge in [-0.3, -0.25) is 0 Å². The Labute approximate surface area is 87.5 Å². The largest absolute Gasteiger partial charge is 0.315 e. The Morgan fingerprint density at radius 3 is 2.21 bits per heavy atom. The lowest BCUT2D eigenvalue weighted by Crippen LogP contribution is -2.41. The van der Waals surface area contributed by atoms with Crippen molar-refractivity contribution < 1.29 is 8.42 Å². The number of hydrogen-bond acceptors (Lipinski definition) is 3. The molecule has 0 fully saturated rings. The molecule has 1 unspecified atom stereocenters. The van der Waals surface area contributed by atoms with Crippen molar-refractivity contribution in [1.82, 2.24) is 10.0 Å². The summed E-state index contributed by atoms with van der Waals surface area (Å²) in [4.78, 5) is 0. The summed E-state index contributed by atoms with van der Waals surface area (Å²) in [6.45, 7) is 8.79. The number of nitrogens with one attached hydrogen (secondary N) is 2. The minimum atomic E-state index is -3.15. The topological polar surface area (TPSA) is 58.2 Å². The van der Waals surface area contributed by atoms with E-state index in [-0.39, 0.29) is 11.3 Å². The van der Waals surface area contributed by atoms with Gasteiger partial charge in [0.15, 0.2) is 0 Å². The fraction of sp³-hybridized carbons (Fsp3) is 1.00. The minimum Gasteiger partial charge on any atom is -0.315 e. The second-order valence-corrected chi connectivity index (χ2v) is 5.96. The fourth-order valence-corrected chi connectivity index (χ4v) is 2.26. The molecule has 0 spiro atoms. The van der Waals surface area contributed by atoms with Crippen molar-refractivity contribution in [3.8, 4) is 0 Å². The van der Waals surface area contributed by atoms with Gasteiger partial charge in [-0.25, -0.2) is 13.1 Å². The van der Waals surface area contributed by atoms with Crippen LogP contribution in [-0.4, -0.2) is 32.8 Å². The second kappa shape index (κ2) is 6.37. The van der Waals surface area contributed by atoms with Gasteiger partial charge in [0.2, 0.25) is 10.0 Å². The Morgan fingerprint density at radius 1 is 1.21 bits per heavy atom. The van der Waals surface area contributed by atoms with Crippen LogP contribution in [0, 0.1) is 0 Å². The molecule has 0 radical (unpaired) electrons. The maximum atomic E-state index is 11.6. The van der Waals surface area contributed by atoms with Gasteiger partial charge in [0.05, 0.1) is 5.25 Å². The quantitative estimate of drug-likeness (QED) is 0.624. The summed E-state index contributed by atoms with van der Waals surface area (Å²) in [7, 11) is -3.15. The molecule has 0 aliphatic rings. The van der Waals surface area contributed by atoms with Crippen LogP contribution in [0.5, 0.6) is 0 Å². The van der Waals surface area contributed by atoms with Gasteiger partial charge in [-0.1, -0.05) is 6.92 Å². The molecule has 0 aliphatic heterocycles. The second-order valence-electron chi connectivity index (χ2n) is 3.83. The first-order valence-corrected chi connectivity index (χ1v) is 6.66. The molecule has 0 saturated carbocycles. The van der Waals surface area contributed by atoms with Crippen LogP contribution in [0.3, 0.4) is 0 Å². The average Bonchev–Trinajstić information content (AvgIpc) is 2.02. The maximum absolute atomic E-state index is 11.6. The van der Waals surface area contributed by atoms with Gasteiger partial charge < -0.3 is 5.32 Å². The van der Waals surface area contributed by atoms with Crippen LogP contribution in [0.1, 0.15) is 34.1 Å². The van der Waals surface area contributed by atoms with E-state index < -0.39 is 10.0 Å². The molecule has 4 nitrogen and oxygen atoms in total. The third-order valence-corrected chi connectivity index (χ3v) is 3.81. The van der Waals surface area contributed by atoms with Crippen molar-refractivity contribution in [2.24, 2.45) is 0 Å². The van der Waals surface area contributed by atoms with E-state index in [4.69, 9.17) is 0 Å². The predicted octanol–water partition coefficient (Wildman–Crippen LogP) is 0.702. The van der Waals surface area contributed by atoms with E-state index in [1.165, 1.54) is 0 Å². The molecule has 0 aromatic heterocycles. The van der Waals surface area contributed by atoms with E-state index in [1.807, 2.05) is 13.8 Å². The average molecular weight is 222 g/mol. The van der Waals surface area contributed by atoms with Gasteiger partial charge in [0, 0.05) is 12.6 Å². The van der Waals surface area contributed by atoms with Crippen LogP contribution in [-0.2, 0) is 10.0 Å². The van der Waals surface area contributed by atoms with E-state index >= 15 is 0 Å². The van der Waals surface area contributed by atoms with Gasteiger partial charge in [-0.2, -0.15) is 0 Å². The first-order valence-electron chi connectivity index (χ1n) is 5.12. The smallest absolute Gasteiger partial charge is 0.215 e. The lowest BCUT2D eigenvalue weighted by molar-refractivity contribution is 0.547. The summed E-state index contributed by atoms with van der Waals surface area (Å²) >= 11 is 0. The van der Waals surface area contributed by atoms with E-state index in [9.17, 15) is 8.42 Å². The highest BCUT2D eigenvalue weighted by Crippen LogP contribution is 1.98. The Kier molecular flexibility index (Phi) is 6.31. The first-order chi connectivity index (χ1) is 6.40. The van der Waals surface area contributed by atoms with Crippen molar-refractivity contribution in [2.75, 3.05) is 13.1 Å². The Hall–Kier alpha value is -0.130. The molecule has 0 bridgehead atoms. The molecule has 0 aromatic carbocycles. The molecular formula is C9H22N2O2S. The number of hydrogen-bond donors (Lipinski definition) is 2. The standard InChI is InChI=1S/C9H22N2O2S/c1-5-6-10-7-9(4)14(12,13)11-8(2)3/h8-11H,5-7H2,1-4H3. The number of sulfonamides is 1. The Bertz CT molecular complexity index is 237. The van der Waals surface area contributed by atoms with Crippen molar-refractivity contribution in [1.29, 1.82) is 0 Å². The van der Waals surface area contributed by atoms with Crippen LogP contribution in [0.15, 0.2) is 0 Å². The molecule has 0 rings (SSSR count). The lowest BCUT2D eigenvalue weighted by atomic mass is 10.4. The molecule has 0 heterocycles. The molecule has 5 heteroatoms. The van der Waals surface area contributed by atoms with Gasteiger partial charge in [-0.15, -0.1) is 0 Å². The van der Waals surface area contributed by atoms with Gasteiger partial charge in [-0.05, 0) is 33.7 Å². The zero-order valence-electron chi connectivity index (χ0n) is 9.50. The summed E-state index contributed by atoms with van der Waals surface area (Å²) in [5, 5.41) is 2.72. The van der Waals surface area contributed by atoms with E-state index in [0.29, 0.717) is 6.54 Å². The highest BCUT2D eigenvalue weighted by Gasteiger charge is 2.20. The summed E-state index contributed by atoms with van der Waals surface area (Å²) < 4.78 is 25.7. The highest BCUT2D eigenvalue weighted by molar-refractivity contribution is 7.90. The summed E-state index contributed by atoms with van der Waals surface area (Å²) in [5.74, 6) is 0. The molecule has 14 heavy (non-hydrogen) atoms. The van der Waals surface area contributed by atoms with Crippen molar-refractivity contribution >= 4 is 10.0 Å². The van der Waals surface area contributed by atoms with Crippen LogP contribution in [0.4, 0.5) is 0 Å². The molecule has 2 N–H and O–H groups in total. The van der Waals surface area contributed by atoms with Crippen molar-refractivity contribution in [2.45, 2.75) is 45.4 Å². The lowest BCUT2D eigenvalue weighted by Gasteiger charge is -2.16. The zero-order valence-corrected chi connectivity index (χ0v) is 10.3. The third-order valence-electron chi connectivity index (χ3n) is 1.79. The van der Waals surface area contributed by atoms with E-state index in [1.54, 1.807) is 6.92 Å². The summed E-state index contributed by atoms with van der Waals surface area (Å²) in [5.41, 5.74) is 0. The van der Waals surface area contributed by atoms with Crippen LogP contribution >= 0.6 is 0 Å². The molecule has 86 valence electrons. The Balaban J connectivity index is 4.02. The Morgan fingerprint density at radius 2 is 1.79 bits per heavy atom.